The molecule has 1 aliphatic heterocycles. The smallest absolute Gasteiger partial charge is 0.267 e. The number of carbonyl (C=O) groups excluding carboxylic acids is 1. The number of aromatic nitrogens is 2. The number of likely N-dealkylation sites (N-methyl/N-ethyl adjacent to an activating group) is 1. The molecule has 1 saturated heterocycles. The van der Waals surface area contributed by atoms with E-state index in [1.54, 1.807) is 4.90 Å². The molecular weight excluding hydrogens is 212 g/mol. The van der Waals surface area contributed by atoms with Crippen molar-refractivity contribution < 1.29 is 4.79 Å². The highest BCUT2D eigenvalue weighted by Crippen LogP contribution is 2.15. The fourth-order valence-electron chi connectivity index (χ4n) is 1.72. The van der Waals surface area contributed by atoms with E-state index in [1.807, 2.05) is 14.0 Å². The zero-order valence-corrected chi connectivity index (χ0v) is 9.67. The van der Waals surface area contributed by atoms with Gasteiger partial charge < -0.3 is 10.2 Å². The molecule has 0 spiro atoms. The predicted octanol–water partition coefficient (Wildman–Crippen LogP) is 0.280. The van der Waals surface area contributed by atoms with Crippen molar-refractivity contribution in [3.8, 4) is 0 Å². The Kier molecular flexibility index (Phi) is 2.97. The summed E-state index contributed by atoms with van der Waals surface area (Å²) in [6.45, 7) is 3.69. The van der Waals surface area contributed by atoms with E-state index in [4.69, 9.17) is 0 Å². The number of nitrogens with zero attached hydrogens (tertiary/aromatic N) is 3. The van der Waals surface area contributed by atoms with Gasteiger partial charge in [0, 0.05) is 19.6 Å². The largest absolute Gasteiger partial charge is 0.337 e. The van der Waals surface area contributed by atoms with E-state index in [1.165, 1.54) is 11.5 Å². The first-order chi connectivity index (χ1) is 7.20. The molecule has 15 heavy (non-hydrogen) atoms. The topological polar surface area (TPSA) is 58.1 Å². The summed E-state index contributed by atoms with van der Waals surface area (Å²) in [6.07, 6.45) is 1.02. The summed E-state index contributed by atoms with van der Waals surface area (Å²) in [5, 5.41) is 7.10. The Hall–Kier alpha value is -1.01. The Morgan fingerprint density at radius 1 is 1.67 bits per heavy atom. The number of hydrogen-bond acceptors (Lipinski definition) is 5. The second-order valence-corrected chi connectivity index (χ2v) is 4.50. The lowest BCUT2D eigenvalue weighted by atomic mass is 10.2. The average Bonchev–Trinajstić information content (AvgIpc) is 2.85. The van der Waals surface area contributed by atoms with Gasteiger partial charge in [-0.25, -0.2) is 0 Å². The maximum Gasteiger partial charge on any atom is 0.267 e. The normalized spacial score (nSPS) is 20.5. The van der Waals surface area contributed by atoms with Crippen LogP contribution in [0.4, 0.5) is 0 Å². The van der Waals surface area contributed by atoms with Crippen LogP contribution >= 0.6 is 11.5 Å². The fraction of sp³-hybridized carbons (Fsp3) is 0.667. The van der Waals surface area contributed by atoms with Crippen molar-refractivity contribution in [3.05, 3.63) is 10.6 Å². The van der Waals surface area contributed by atoms with E-state index in [9.17, 15) is 4.79 Å². The minimum Gasteiger partial charge on any atom is -0.337 e. The SMILES string of the molecule is Cc1nnsc1C(=O)N(C)C1CCNC1. The molecule has 0 bridgehead atoms. The summed E-state index contributed by atoms with van der Waals surface area (Å²) in [5.74, 6) is 0.0381. The summed E-state index contributed by atoms with van der Waals surface area (Å²) in [6, 6.07) is 0.305. The Morgan fingerprint density at radius 3 is 3.00 bits per heavy atom. The van der Waals surface area contributed by atoms with Gasteiger partial charge in [-0.15, -0.1) is 5.10 Å². The van der Waals surface area contributed by atoms with E-state index in [0.29, 0.717) is 10.9 Å². The van der Waals surface area contributed by atoms with E-state index < -0.39 is 0 Å². The van der Waals surface area contributed by atoms with Crippen molar-refractivity contribution in [1.29, 1.82) is 0 Å². The molecule has 2 rings (SSSR count). The molecule has 2 heterocycles. The molecule has 1 unspecified atom stereocenters. The number of nitrogens with one attached hydrogen (secondary N) is 1. The molecular formula is C9H14N4OS. The zero-order valence-electron chi connectivity index (χ0n) is 8.86. The quantitative estimate of drug-likeness (QED) is 0.787. The van der Waals surface area contributed by atoms with Crippen molar-refractivity contribution in [1.82, 2.24) is 19.8 Å². The molecule has 1 N–H and O–H groups in total. The molecule has 1 atom stereocenters. The van der Waals surface area contributed by atoms with E-state index in [2.05, 4.69) is 14.9 Å². The first kappa shape index (κ1) is 10.5. The van der Waals surface area contributed by atoms with Crippen molar-refractivity contribution in [2.45, 2.75) is 19.4 Å². The number of aryl methyl sites for hydroxylation is 1. The van der Waals surface area contributed by atoms with Crippen LogP contribution in [0.15, 0.2) is 0 Å². The number of amides is 1. The van der Waals surface area contributed by atoms with Crippen LogP contribution in [0.1, 0.15) is 21.8 Å². The van der Waals surface area contributed by atoms with Crippen LogP contribution in [0.3, 0.4) is 0 Å². The van der Waals surface area contributed by atoms with E-state index >= 15 is 0 Å². The zero-order chi connectivity index (χ0) is 10.8. The Morgan fingerprint density at radius 2 is 2.47 bits per heavy atom. The number of rotatable bonds is 2. The highest BCUT2D eigenvalue weighted by atomic mass is 32.1. The number of hydrogen-bond donors (Lipinski definition) is 1. The van der Waals surface area contributed by atoms with Gasteiger partial charge in [-0.3, -0.25) is 4.79 Å². The van der Waals surface area contributed by atoms with Gasteiger partial charge in [0.15, 0.2) is 0 Å². The summed E-state index contributed by atoms with van der Waals surface area (Å²) in [5.41, 5.74) is 0.725. The highest BCUT2D eigenvalue weighted by molar-refractivity contribution is 7.07. The molecule has 0 aromatic carbocycles. The summed E-state index contributed by atoms with van der Waals surface area (Å²) < 4.78 is 3.78. The monoisotopic (exact) mass is 226 g/mol. The molecule has 0 radical (unpaired) electrons. The Labute approximate surface area is 92.6 Å². The van der Waals surface area contributed by atoms with Crippen LogP contribution < -0.4 is 5.32 Å². The lowest BCUT2D eigenvalue weighted by Gasteiger charge is -2.22. The minimum absolute atomic E-state index is 0.0381. The van der Waals surface area contributed by atoms with Crippen molar-refractivity contribution in [2.75, 3.05) is 20.1 Å². The third-order valence-corrected chi connectivity index (χ3v) is 3.56. The van der Waals surface area contributed by atoms with Gasteiger partial charge in [-0.05, 0) is 31.4 Å². The average molecular weight is 226 g/mol. The maximum absolute atomic E-state index is 12.0. The minimum atomic E-state index is 0.0381. The second-order valence-electron chi connectivity index (χ2n) is 3.75. The molecule has 0 saturated carbocycles. The third-order valence-electron chi connectivity index (χ3n) is 2.75. The molecule has 1 aromatic heterocycles. The predicted molar refractivity (Wildman–Crippen MR) is 58.0 cm³/mol. The Balaban J connectivity index is 2.10. The first-order valence-corrected chi connectivity index (χ1v) is 5.74. The highest BCUT2D eigenvalue weighted by Gasteiger charge is 2.26. The molecule has 82 valence electrons. The van der Waals surface area contributed by atoms with Gasteiger partial charge in [0.1, 0.15) is 4.88 Å². The van der Waals surface area contributed by atoms with Crippen LogP contribution in [0, 0.1) is 6.92 Å². The lowest BCUT2D eigenvalue weighted by molar-refractivity contribution is 0.0747. The second kappa shape index (κ2) is 4.24. The van der Waals surface area contributed by atoms with Crippen molar-refractivity contribution >= 4 is 17.4 Å². The van der Waals surface area contributed by atoms with Crippen LogP contribution in [0.25, 0.3) is 0 Å². The van der Waals surface area contributed by atoms with Gasteiger partial charge in [0.2, 0.25) is 0 Å². The summed E-state index contributed by atoms with van der Waals surface area (Å²) >= 11 is 1.17. The standard InChI is InChI=1S/C9H14N4OS/c1-6-8(15-12-11-6)9(14)13(2)7-3-4-10-5-7/h7,10H,3-5H2,1-2H3. The van der Waals surface area contributed by atoms with E-state index in [-0.39, 0.29) is 5.91 Å². The van der Waals surface area contributed by atoms with E-state index in [0.717, 1.165) is 25.2 Å². The molecule has 1 aliphatic rings. The van der Waals surface area contributed by atoms with Crippen molar-refractivity contribution in [2.24, 2.45) is 0 Å². The summed E-state index contributed by atoms with van der Waals surface area (Å²) in [7, 11) is 1.85. The van der Waals surface area contributed by atoms with Gasteiger partial charge in [0.05, 0.1) is 5.69 Å². The number of carbonyl (C=O) groups is 1. The van der Waals surface area contributed by atoms with Gasteiger partial charge in [-0.2, -0.15) is 0 Å². The van der Waals surface area contributed by atoms with Crippen LogP contribution in [-0.4, -0.2) is 46.6 Å². The molecule has 5 nitrogen and oxygen atoms in total. The van der Waals surface area contributed by atoms with Crippen LogP contribution in [0.5, 0.6) is 0 Å². The third kappa shape index (κ3) is 2.00. The molecule has 1 aromatic rings. The van der Waals surface area contributed by atoms with Crippen LogP contribution in [-0.2, 0) is 0 Å². The van der Waals surface area contributed by atoms with Crippen molar-refractivity contribution in [3.63, 3.8) is 0 Å². The van der Waals surface area contributed by atoms with Gasteiger partial charge >= 0.3 is 0 Å². The summed E-state index contributed by atoms with van der Waals surface area (Å²) in [4.78, 5) is 14.5. The van der Waals surface area contributed by atoms with Gasteiger partial charge in [0.25, 0.3) is 5.91 Å². The molecule has 0 aliphatic carbocycles. The molecule has 6 heteroatoms. The van der Waals surface area contributed by atoms with Gasteiger partial charge in [-0.1, -0.05) is 4.49 Å². The lowest BCUT2D eigenvalue weighted by Crippen LogP contribution is -2.38. The first-order valence-electron chi connectivity index (χ1n) is 4.97. The fourth-order valence-corrected chi connectivity index (χ4v) is 2.36. The molecule has 1 fully saturated rings. The molecule has 1 amide bonds. The maximum atomic E-state index is 12.0. The Bertz CT molecular complexity index is 359. The van der Waals surface area contributed by atoms with Crippen LogP contribution in [0.2, 0.25) is 0 Å².